The summed E-state index contributed by atoms with van der Waals surface area (Å²) in [5.41, 5.74) is 2.88. The van der Waals surface area contributed by atoms with Crippen LogP contribution in [0, 0.1) is 17.1 Å². The van der Waals surface area contributed by atoms with E-state index in [4.69, 9.17) is 9.68 Å². The monoisotopic (exact) mass is 477 g/mol. The number of furan rings is 1. The molecule has 0 aliphatic carbocycles. The summed E-state index contributed by atoms with van der Waals surface area (Å²) in [5.74, 6) is -0.748. The van der Waals surface area contributed by atoms with Crippen LogP contribution in [0.5, 0.6) is 0 Å². The fourth-order valence-corrected chi connectivity index (χ4v) is 4.23. The van der Waals surface area contributed by atoms with Gasteiger partial charge in [-0.2, -0.15) is 5.26 Å². The highest BCUT2D eigenvalue weighted by Gasteiger charge is 2.24. The molecular weight excluding hydrogens is 457 g/mol. The van der Waals surface area contributed by atoms with Crippen molar-refractivity contribution in [2.45, 2.75) is 6.92 Å². The summed E-state index contributed by atoms with van der Waals surface area (Å²) >= 11 is 0. The average molecular weight is 478 g/mol. The molecule has 1 heterocycles. The second-order valence-electron chi connectivity index (χ2n) is 7.48. The van der Waals surface area contributed by atoms with Crippen LogP contribution in [0.25, 0.3) is 33.4 Å². The van der Waals surface area contributed by atoms with Crippen molar-refractivity contribution in [3.05, 3.63) is 77.6 Å². The molecule has 7 nitrogen and oxygen atoms in total. The summed E-state index contributed by atoms with van der Waals surface area (Å²) in [4.78, 5) is 12.8. The molecule has 0 spiro atoms. The zero-order chi connectivity index (χ0) is 24.5. The minimum atomic E-state index is -3.63. The van der Waals surface area contributed by atoms with Crippen LogP contribution in [0.2, 0.25) is 0 Å². The molecule has 9 heteroatoms. The summed E-state index contributed by atoms with van der Waals surface area (Å²) in [6.45, 7) is 1.52. The first-order valence-corrected chi connectivity index (χ1v) is 12.0. The van der Waals surface area contributed by atoms with Crippen LogP contribution in [0.15, 0.2) is 65.1 Å². The molecule has 172 valence electrons. The number of amides is 1. The number of benzene rings is 3. The fraction of sp³-hybridized carbons (Fsp3) is 0.120. The van der Waals surface area contributed by atoms with Gasteiger partial charge in [0, 0.05) is 29.6 Å². The van der Waals surface area contributed by atoms with Crippen molar-refractivity contribution in [1.82, 2.24) is 5.32 Å². The largest absolute Gasteiger partial charge is 0.455 e. The Balaban J connectivity index is 2.02. The van der Waals surface area contributed by atoms with Crippen molar-refractivity contribution in [1.29, 1.82) is 5.26 Å². The van der Waals surface area contributed by atoms with E-state index in [0.717, 1.165) is 0 Å². The standard InChI is InChI=1S/C25H20FN3O4S/c1-3-34(31,32)29-21-13-22-20(12-19(21)16-6-4-15(14-27)5-7-16)23(25(30)28-2)24(33-22)17-8-10-18(26)11-9-17/h4-13,29H,3H2,1-2H3,(H,28,30). The minimum Gasteiger partial charge on any atom is -0.455 e. The quantitative estimate of drug-likeness (QED) is 0.410. The lowest BCUT2D eigenvalue weighted by Gasteiger charge is -2.13. The topological polar surface area (TPSA) is 112 Å². The molecule has 0 bridgehead atoms. The van der Waals surface area contributed by atoms with Gasteiger partial charge >= 0.3 is 0 Å². The Morgan fingerprint density at radius 2 is 1.71 bits per heavy atom. The third-order valence-corrected chi connectivity index (χ3v) is 6.65. The summed E-state index contributed by atoms with van der Waals surface area (Å²) in [6, 6.07) is 17.4. The van der Waals surface area contributed by atoms with E-state index in [0.29, 0.717) is 27.6 Å². The number of carbonyl (C=O) groups is 1. The van der Waals surface area contributed by atoms with Crippen LogP contribution in [0.4, 0.5) is 10.1 Å². The Morgan fingerprint density at radius 3 is 2.29 bits per heavy atom. The van der Waals surface area contributed by atoms with Crippen molar-refractivity contribution in [2.24, 2.45) is 0 Å². The number of nitrogens with zero attached hydrogens (tertiary/aromatic N) is 1. The van der Waals surface area contributed by atoms with Crippen LogP contribution in [-0.2, 0) is 10.0 Å². The van der Waals surface area contributed by atoms with Gasteiger partial charge in [0.05, 0.1) is 28.6 Å². The van der Waals surface area contributed by atoms with Gasteiger partial charge < -0.3 is 9.73 Å². The highest BCUT2D eigenvalue weighted by Crippen LogP contribution is 2.40. The molecular formula is C25H20FN3O4S. The van der Waals surface area contributed by atoms with Crippen molar-refractivity contribution in [3.63, 3.8) is 0 Å². The molecule has 4 rings (SSSR count). The van der Waals surface area contributed by atoms with Gasteiger partial charge in [-0.25, -0.2) is 12.8 Å². The molecule has 1 aromatic heterocycles. The third-order valence-electron chi connectivity index (χ3n) is 5.36. The van der Waals surface area contributed by atoms with Gasteiger partial charge in [-0.15, -0.1) is 0 Å². The Bertz CT molecular complexity index is 1530. The molecule has 4 aromatic rings. The first-order chi connectivity index (χ1) is 16.3. The van der Waals surface area contributed by atoms with E-state index in [2.05, 4.69) is 10.0 Å². The predicted molar refractivity (Wildman–Crippen MR) is 128 cm³/mol. The van der Waals surface area contributed by atoms with Gasteiger partial charge in [0.25, 0.3) is 5.91 Å². The number of nitriles is 1. The number of anilines is 1. The van der Waals surface area contributed by atoms with E-state index in [-0.39, 0.29) is 28.3 Å². The molecule has 34 heavy (non-hydrogen) atoms. The minimum absolute atomic E-state index is 0.139. The van der Waals surface area contributed by atoms with E-state index in [9.17, 15) is 17.6 Å². The number of halogens is 1. The molecule has 0 saturated carbocycles. The maximum Gasteiger partial charge on any atom is 0.255 e. The summed E-state index contributed by atoms with van der Waals surface area (Å²) < 4.78 is 46.8. The number of hydrogen-bond donors (Lipinski definition) is 2. The predicted octanol–water partition coefficient (Wildman–Crippen LogP) is 4.90. The van der Waals surface area contributed by atoms with Crippen LogP contribution < -0.4 is 10.0 Å². The molecule has 0 radical (unpaired) electrons. The van der Waals surface area contributed by atoms with E-state index >= 15 is 0 Å². The molecule has 3 aromatic carbocycles. The number of fused-ring (bicyclic) bond motifs is 1. The second-order valence-corrected chi connectivity index (χ2v) is 9.49. The van der Waals surface area contributed by atoms with E-state index < -0.39 is 21.7 Å². The zero-order valence-corrected chi connectivity index (χ0v) is 19.2. The van der Waals surface area contributed by atoms with Gasteiger partial charge in [0.15, 0.2) is 0 Å². The smallest absolute Gasteiger partial charge is 0.255 e. The number of hydrogen-bond acceptors (Lipinski definition) is 5. The number of sulfonamides is 1. The third kappa shape index (κ3) is 4.36. The Hall–Kier alpha value is -4.16. The van der Waals surface area contributed by atoms with E-state index in [1.165, 1.54) is 44.3 Å². The maximum atomic E-state index is 13.5. The molecule has 0 saturated heterocycles. The normalized spacial score (nSPS) is 11.2. The summed E-state index contributed by atoms with van der Waals surface area (Å²) in [5, 5.41) is 12.2. The van der Waals surface area contributed by atoms with Crippen LogP contribution in [0.1, 0.15) is 22.8 Å². The van der Waals surface area contributed by atoms with E-state index in [1.54, 1.807) is 30.3 Å². The van der Waals surface area contributed by atoms with Crippen molar-refractivity contribution < 1.29 is 22.0 Å². The Labute approximate surface area is 195 Å². The zero-order valence-electron chi connectivity index (χ0n) is 18.3. The molecule has 0 aliphatic heterocycles. The van der Waals surface area contributed by atoms with Gasteiger partial charge in [0.2, 0.25) is 10.0 Å². The Morgan fingerprint density at radius 1 is 1.06 bits per heavy atom. The van der Waals surface area contributed by atoms with Crippen LogP contribution in [-0.4, -0.2) is 27.1 Å². The van der Waals surface area contributed by atoms with Crippen molar-refractivity contribution >= 4 is 32.6 Å². The van der Waals surface area contributed by atoms with Gasteiger partial charge in [-0.1, -0.05) is 12.1 Å². The van der Waals surface area contributed by atoms with Crippen LogP contribution >= 0.6 is 0 Å². The van der Waals surface area contributed by atoms with Gasteiger partial charge in [-0.3, -0.25) is 9.52 Å². The highest BCUT2D eigenvalue weighted by atomic mass is 32.2. The molecule has 2 N–H and O–H groups in total. The number of nitrogens with one attached hydrogen (secondary N) is 2. The molecule has 1 amide bonds. The lowest BCUT2D eigenvalue weighted by Crippen LogP contribution is -2.18. The first kappa shape index (κ1) is 23.0. The maximum absolute atomic E-state index is 13.5. The Kier molecular flexibility index (Phi) is 6.09. The lowest BCUT2D eigenvalue weighted by molar-refractivity contribution is 0.0964. The molecule has 0 fully saturated rings. The van der Waals surface area contributed by atoms with Crippen molar-refractivity contribution in [2.75, 3.05) is 17.5 Å². The second kappa shape index (κ2) is 9.00. The number of rotatable bonds is 6. The number of carbonyl (C=O) groups excluding carboxylic acids is 1. The first-order valence-electron chi connectivity index (χ1n) is 10.4. The molecule has 0 aliphatic rings. The SMILES string of the molecule is CCS(=O)(=O)Nc1cc2oc(-c3ccc(F)cc3)c(C(=O)NC)c2cc1-c1ccc(C#N)cc1. The summed E-state index contributed by atoms with van der Waals surface area (Å²) in [7, 11) is -2.14. The average Bonchev–Trinajstić information content (AvgIpc) is 3.21. The summed E-state index contributed by atoms with van der Waals surface area (Å²) in [6.07, 6.45) is 0. The highest BCUT2D eigenvalue weighted by molar-refractivity contribution is 7.92. The molecule has 0 atom stereocenters. The van der Waals surface area contributed by atoms with E-state index in [1.807, 2.05) is 6.07 Å². The fourth-order valence-electron chi connectivity index (χ4n) is 3.59. The molecule has 0 unspecified atom stereocenters. The lowest BCUT2D eigenvalue weighted by atomic mass is 9.98. The van der Waals surface area contributed by atoms with Gasteiger partial charge in [-0.05, 0) is 55.0 Å². The van der Waals surface area contributed by atoms with Crippen molar-refractivity contribution in [3.8, 4) is 28.5 Å². The van der Waals surface area contributed by atoms with Gasteiger partial charge in [0.1, 0.15) is 17.2 Å². The van der Waals surface area contributed by atoms with Crippen LogP contribution in [0.3, 0.4) is 0 Å².